The normalized spacial score (nSPS) is 15.8. The summed E-state index contributed by atoms with van der Waals surface area (Å²) in [5, 5.41) is 3.53. The van der Waals surface area contributed by atoms with E-state index in [2.05, 4.69) is 11.9 Å². The zero-order valence-corrected chi connectivity index (χ0v) is 14.1. The van der Waals surface area contributed by atoms with Crippen molar-refractivity contribution in [1.82, 2.24) is 5.32 Å². The third kappa shape index (κ3) is 3.54. The van der Waals surface area contributed by atoms with E-state index in [0.717, 1.165) is 16.9 Å². The highest BCUT2D eigenvalue weighted by atomic mass is 35.5. The van der Waals surface area contributed by atoms with Crippen LogP contribution >= 0.6 is 11.6 Å². The molecule has 0 fully saturated rings. The molecule has 1 N–H and O–H groups in total. The van der Waals surface area contributed by atoms with Crippen molar-refractivity contribution in [3.05, 3.63) is 65.2 Å². The minimum atomic E-state index is -0.196. The van der Waals surface area contributed by atoms with Gasteiger partial charge >= 0.3 is 0 Å². The molecule has 0 saturated heterocycles. The van der Waals surface area contributed by atoms with Crippen LogP contribution in [0.2, 0.25) is 5.02 Å². The summed E-state index contributed by atoms with van der Waals surface area (Å²) in [7, 11) is 0. The van der Waals surface area contributed by atoms with Crippen molar-refractivity contribution in [2.75, 3.05) is 6.61 Å². The van der Waals surface area contributed by atoms with Gasteiger partial charge in [-0.3, -0.25) is 4.79 Å². The number of rotatable bonds is 4. The van der Waals surface area contributed by atoms with Gasteiger partial charge in [0.1, 0.15) is 12.4 Å². The number of nitrogens with one attached hydrogen (secondary N) is 1. The predicted molar refractivity (Wildman–Crippen MR) is 94.0 cm³/mol. The average molecular weight is 344 g/mol. The molecular formula is C19H18ClNO3. The van der Waals surface area contributed by atoms with E-state index in [4.69, 9.17) is 21.1 Å². The standard InChI is InChI=1S/C19H18ClNO3/c1-3-18(22)21-14-10-16-12(2)4-9-17(19(16)23-11-14)24-15-7-5-13(20)6-8-15/h3-9,14H,1,10-11H2,2H3,(H,21,22). The Bertz CT molecular complexity index is 771. The number of amides is 1. The first-order valence-electron chi connectivity index (χ1n) is 7.68. The molecule has 4 nitrogen and oxygen atoms in total. The first-order chi connectivity index (χ1) is 11.6. The number of carbonyl (C=O) groups is 1. The molecule has 1 aliphatic rings. The van der Waals surface area contributed by atoms with E-state index < -0.39 is 0 Å². The molecule has 1 unspecified atom stereocenters. The monoisotopic (exact) mass is 343 g/mol. The van der Waals surface area contributed by atoms with E-state index in [1.807, 2.05) is 31.2 Å². The lowest BCUT2D eigenvalue weighted by Gasteiger charge is -2.28. The van der Waals surface area contributed by atoms with Gasteiger partial charge < -0.3 is 14.8 Å². The Hall–Kier alpha value is -2.46. The van der Waals surface area contributed by atoms with Crippen LogP contribution in [-0.2, 0) is 11.2 Å². The molecule has 1 aliphatic heterocycles. The Balaban J connectivity index is 1.84. The molecule has 0 aliphatic carbocycles. The second-order valence-corrected chi connectivity index (χ2v) is 6.11. The number of ether oxygens (including phenoxy) is 2. The van der Waals surface area contributed by atoms with Gasteiger partial charge in [0, 0.05) is 10.6 Å². The van der Waals surface area contributed by atoms with Gasteiger partial charge in [-0.25, -0.2) is 0 Å². The van der Waals surface area contributed by atoms with Gasteiger partial charge in [0.15, 0.2) is 11.5 Å². The van der Waals surface area contributed by atoms with Crippen LogP contribution in [0, 0.1) is 6.92 Å². The second-order valence-electron chi connectivity index (χ2n) is 5.67. The van der Waals surface area contributed by atoms with Crippen LogP contribution in [0.4, 0.5) is 0 Å². The average Bonchev–Trinajstić information content (AvgIpc) is 2.59. The van der Waals surface area contributed by atoms with Gasteiger partial charge in [-0.15, -0.1) is 0 Å². The van der Waals surface area contributed by atoms with Crippen LogP contribution in [0.3, 0.4) is 0 Å². The number of fused-ring (bicyclic) bond motifs is 1. The van der Waals surface area contributed by atoms with Gasteiger partial charge in [-0.1, -0.05) is 24.2 Å². The summed E-state index contributed by atoms with van der Waals surface area (Å²) < 4.78 is 11.8. The topological polar surface area (TPSA) is 47.6 Å². The van der Waals surface area contributed by atoms with Crippen LogP contribution < -0.4 is 14.8 Å². The van der Waals surface area contributed by atoms with E-state index >= 15 is 0 Å². The molecule has 124 valence electrons. The first kappa shape index (κ1) is 16.4. The maximum atomic E-state index is 11.5. The van der Waals surface area contributed by atoms with Gasteiger partial charge in [0.2, 0.25) is 5.91 Å². The lowest BCUT2D eigenvalue weighted by atomic mass is 9.97. The Morgan fingerprint density at radius 1 is 1.33 bits per heavy atom. The Kier molecular flexibility index (Phi) is 4.76. The highest BCUT2D eigenvalue weighted by Crippen LogP contribution is 2.39. The van der Waals surface area contributed by atoms with Crippen LogP contribution in [0.15, 0.2) is 49.1 Å². The summed E-state index contributed by atoms with van der Waals surface area (Å²) in [6.45, 7) is 5.89. The third-order valence-electron chi connectivity index (χ3n) is 3.91. The summed E-state index contributed by atoms with van der Waals surface area (Å²) >= 11 is 5.90. The van der Waals surface area contributed by atoms with Gasteiger partial charge in [0.25, 0.3) is 0 Å². The van der Waals surface area contributed by atoms with E-state index in [0.29, 0.717) is 29.5 Å². The smallest absolute Gasteiger partial charge is 0.243 e. The Morgan fingerprint density at radius 2 is 2.08 bits per heavy atom. The SMILES string of the molecule is C=CC(=O)NC1COc2c(Oc3ccc(Cl)cc3)ccc(C)c2C1. The van der Waals surface area contributed by atoms with Crippen molar-refractivity contribution in [3.8, 4) is 17.2 Å². The van der Waals surface area contributed by atoms with E-state index in [1.165, 1.54) is 6.08 Å². The van der Waals surface area contributed by atoms with Crippen molar-refractivity contribution in [3.63, 3.8) is 0 Å². The van der Waals surface area contributed by atoms with Crippen molar-refractivity contribution in [2.45, 2.75) is 19.4 Å². The van der Waals surface area contributed by atoms with E-state index in [-0.39, 0.29) is 11.9 Å². The zero-order valence-electron chi connectivity index (χ0n) is 13.3. The first-order valence-corrected chi connectivity index (χ1v) is 8.06. The minimum Gasteiger partial charge on any atom is -0.487 e. The molecule has 1 heterocycles. The van der Waals surface area contributed by atoms with Crippen molar-refractivity contribution in [2.24, 2.45) is 0 Å². The molecule has 1 atom stereocenters. The highest BCUT2D eigenvalue weighted by Gasteiger charge is 2.25. The number of aryl methyl sites for hydroxylation is 1. The summed E-state index contributed by atoms with van der Waals surface area (Å²) in [5.74, 6) is 1.88. The Labute approximate surface area is 146 Å². The van der Waals surface area contributed by atoms with E-state index in [1.54, 1.807) is 12.1 Å². The molecule has 2 aromatic carbocycles. The number of carbonyl (C=O) groups excluding carboxylic acids is 1. The van der Waals surface area contributed by atoms with Crippen molar-refractivity contribution < 1.29 is 14.3 Å². The maximum Gasteiger partial charge on any atom is 0.243 e. The largest absolute Gasteiger partial charge is 0.487 e. The van der Waals surface area contributed by atoms with E-state index in [9.17, 15) is 4.79 Å². The fourth-order valence-electron chi connectivity index (χ4n) is 2.67. The summed E-state index contributed by atoms with van der Waals surface area (Å²) in [4.78, 5) is 11.5. The number of hydrogen-bond donors (Lipinski definition) is 1. The molecule has 0 spiro atoms. The molecule has 3 rings (SSSR count). The highest BCUT2D eigenvalue weighted by molar-refractivity contribution is 6.30. The van der Waals surface area contributed by atoms with Crippen LogP contribution in [0.5, 0.6) is 17.2 Å². The molecule has 2 aromatic rings. The lowest BCUT2D eigenvalue weighted by Crippen LogP contribution is -2.42. The number of halogens is 1. The van der Waals surface area contributed by atoms with Gasteiger partial charge in [0.05, 0.1) is 6.04 Å². The summed E-state index contributed by atoms with van der Waals surface area (Å²) in [6.07, 6.45) is 1.96. The second kappa shape index (κ2) is 6.97. The quantitative estimate of drug-likeness (QED) is 0.852. The van der Waals surface area contributed by atoms with Gasteiger partial charge in [-0.2, -0.15) is 0 Å². The molecule has 0 radical (unpaired) electrons. The molecular weight excluding hydrogens is 326 g/mol. The molecule has 24 heavy (non-hydrogen) atoms. The van der Waals surface area contributed by atoms with Crippen LogP contribution in [0.25, 0.3) is 0 Å². The third-order valence-corrected chi connectivity index (χ3v) is 4.16. The zero-order chi connectivity index (χ0) is 17.1. The van der Waals surface area contributed by atoms with Crippen molar-refractivity contribution in [1.29, 1.82) is 0 Å². The van der Waals surface area contributed by atoms with Crippen molar-refractivity contribution >= 4 is 17.5 Å². The molecule has 0 bridgehead atoms. The fourth-order valence-corrected chi connectivity index (χ4v) is 2.79. The molecule has 0 aromatic heterocycles. The molecule has 0 saturated carbocycles. The van der Waals surface area contributed by atoms with Crippen LogP contribution in [0.1, 0.15) is 11.1 Å². The fraction of sp³-hybridized carbons (Fsp3) is 0.211. The van der Waals surface area contributed by atoms with Gasteiger partial charge in [-0.05, 0) is 55.3 Å². The minimum absolute atomic E-state index is 0.0764. The predicted octanol–water partition coefficient (Wildman–Crippen LogP) is 4.05. The van der Waals surface area contributed by atoms with Crippen LogP contribution in [-0.4, -0.2) is 18.6 Å². The number of benzene rings is 2. The summed E-state index contributed by atoms with van der Waals surface area (Å²) in [6, 6.07) is 11.0. The maximum absolute atomic E-state index is 11.5. The summed E-state index contributed by atoms with van der Waals surface area (Å²) in [5.41, 5.74) is 2.15. The lowest BCUT2D eigenvalue weighted by molar-refractivity contribution is -0.117. The number of hydrogen-bond acceptors (Lipinski definition) is 3. The Morgan fingerprint density at radius 3 is 2.79 bits per heavy atom. The molecule has 5 heteroatoms. The molecule has 1 amide bonds.